The molecule has 3 nitrogen and oxygen atoms in total. The summed E-state index contributed by atoms with van der Waals surface area (Å²) in [6.07, 6.45) is 0.162. The van der Waals surface area contributed by atoms with Crippen LogP contribution in [0.2, 0.25) is 10.0 Å². The number of quaternary nitrogens is 1. The summed E-state index contributed by atoms with van der Waals surface area (Å²) in [7, 11) is 0. The summed E-state index contributed by atoms with van der Waals surface area (Å²) in [5.74, 6) is 0. The van der Waals surface area contributed by atoms with E-state index in [-0.39, 0.29) is 6.61 Å². The van der Waals surface area contributed by atoms with Gasteiger partial charge in [0.05, 0.1) is 13.2 Å². The molecule has 0 radical (unpaired) electrons. The third-order valence-corrected chi connectivity index (χ3v) is 2.87. The summed E-state index contributed by atoms with van der Waals surface area (Å²) < 4.78 is 0. The molecule has 0 fully saturated rings. The van der Waals surface area contributed by atoms with Gasteiger partial charge in [0.2, 0.25) is 0 Å². The van der Waals surface area contributed by atoms with Gasteiger partial charge in [-0.15, -0.1) is 0 Å². The molecule has 1 aromatic rings. The van der Waals surface area contributed by atoms with Crippen molar-refractivity contribution in [2.75, 3.05) is 19.7 Å². The van der Waals surface area contributed by atoms with Crippen molar-refractivity contribution >= 4 is 23.2 Å². The fourth-order valence-electron chi connectivity index (χ4n) is 1.37. The van der Waals surface area contributed by atoms with Crippen LogP contribution >= 0.6 is 23.2 Å². The maximum absolute atomic E-state index is 9.12. The number of halogens is 2. The van der Waals surface area contributed by atoms with Crippen LogP contribution < -0.4 is 5.32 Å². The van der Waals surface area contributed by atoms with Gasteiger partial charge in [-0.05, 0) is 17.7 Å². The summed E-state index contributed by atoms with van der Waals surface area (Å²) in [5.41, 5.74) is 1.04. The molecule has 0 aliphatic rings. The smallest absolute Gasteiger partial charge is 0.126 e. The topological polar surface area (TPSA) is 57.1 Å². The van der Waals surface area contributed by atoms with Crippen LogP contribution in [0.25, 0.3) is 0 Å². The largest absolute Gasteiger partial charge is 0.393 e. The van der Waals surface area contributed by atoms with Gasteiger partial charge >= 0.3 is 0 Å². The van der Waals surface area contributed by atoms with Gasteiger partial charge in [-0.3, -0.25) is 0 Å². The molecule has 0 bridgehead atoms. The molecule has 1 aromatic carbocycles. The molecule has 0 spiro atoms. The Kier molecular flexibility index (Phi) is 6.09. The van der Waals surface area contributed by atoms with Crippen LogP contribution in [-0.2, 0) is 6.42 Å². The summed E-state index contributed by atoms with van der Waals surface area (Å²) in [5, 5.41) is 21.0. The summed E-state index contributed by atoms with van der Waals surface area (Å²) in [6.45, 7) is 1.12. The first-order valence-corrected chi connectivity index (χ1v) is 5.93. The predicted octanol–water partition coefficient (Wildman–Crippen LogP) is 0.453. The van der Waals surface area contributed by atoms with Crippen molar-refractivity contribution < 1.29 is 15.5 Å². The van der Waals surface area contributed by atoms with Crippen LogP contribution in [0.15, 0.2) is 18.2 Å². The monoisotopic (exact) mass is 264 g/mol. The highest BCUT2D eigenvalue weighted by atomic mass is 35.5. The summed E-state index contributed by atoms with van der Waals surface area (Å²) in [4.78, 5) is 0. The van der Waals surface area contributed by atoms with Crippen molar-refractivity contribution in [3.8, 4) is 0 Å². The molecule has 0 amide bonds. The lowest BCUT2D eigenvalue weighted by Gasteiger charge is -2.07. The van der Waals surface area contributed by atoms with Crippen LogP contribution in [0.4, 0.5) is 0 Å². The molecule has 0 saturated carbocycles. The Balaban J connectivity index is 2.32. The minimum Gasteiger partial charge on any atom is -0.393 e. The molecule has 1 atom stereocenters. The first-order valence-electron chi connectivity index (χ1n) is 5.18. The summed E-state index contributed by atoms with van der Waals surface area (Å²) in [6, 6.07) is 5.44. The van der Waals surface area contributed by atoms with E-state index < -0.39 is 6.10 Å². The van der Waals surface area contributed by atoms with Gasteiger partial charge in [0, 0.05) is 16.5 Å². The van der Waals surface area contributed by atoms with E-state index in [4.69, 9.17) is 33.4 Å². The highest BCUT2D eigenvalue weighted by Crippen LogP contribution is 2.20. The fraction of sp³-hybridized carbons (Fsp3) is 0.455. The van der Waals surface area contributed by atoms with Gasteiger partial charge in [-0.2, -0.15) is 0 Å². The Bertz CT molecular complexity index is 334. The number of benzene rings is 1. The predicted molar refractivity (Wildman–Crippen MR) is 64.9 cm³/mol. The second-order valence-corrected chi connectivity index (χ2v) is 4.48. The van der Waals surface area contributed by atoms with Gasteiger partial charge in [0.1, 0.15) is 12.6 Å². The summed E-state index contributed by atoms with van der Waals surface area (Å²) >= 11 is 11.8. The maximum Gasteiger partial charge on any atom is 0.126 e. The number of nitrogens with two attached hydrogens (primary N) is 1. The molecule has 1 rings (SSSR count). The normalized spacial score (nSPS) is 12.8. The van der Waals surface area contributed by atoms with Crippen molar-refractivity contribution in [1.29, 1.82) is 0 Å². The SMILES string of the molecule is OC[C@@H](O)C[NH2+]CCc1ccc(Cl)cc1Cl. The van der Waals surface area contributed by atoms with Crippen LogP contribution in [0.5, 0.6) is 0 Å². The number of hydrogen-bond acceptors (Lipinski definition) is 2. The molecule has 16 heavy (non-hydrogen) atoms. The molecule has 0 aliphatic carbocycles. The molecule has 0 heterocycles. The molecular weight excluding hydrogens is 249 g/mol. The van der Waals surface area contributed by atoms with Crippen molar-refractivity contribution in [3.05, 3.63) is 33.8 Å². The highest BCUT2D eigenvalue weighted by Gasteiger charge is 2.05. The van der Waals surface area contributed by atoms with Gasteiger partial charge in [-0.25, -0.2) is 0 Å². The molecule has 0 aliphatic heterocycles. The van der Waals surface area contributed by atoms with E-state index in [0.29, 0.717) is 16.6 Å². The van der Waals surface area contributed by atoms with Gasteiger partial charge in [0.15, 0.2) is 0 Å². The Morgan fingerprint density at radius 2 is 2.06 bits per heavy atom. The Morgan fingerprint density at radius 1 is 1.31 bits per heavy atom. The van der Waals surface area contributed by atoms with Crippen molar-refractivity contribution in [2.45, 2.75) is 12.5 Å². The van der Waals surface area contributed by atoms with Crippen LogP contribution in [-0.4, -0.2) is 36.0 Å². The fourth-order valence-corrected chi connectivity index (χ4v) is 1.87. The van der Waals surface area contributed by atoms with Crippen LogP contribution in [0, 0.1) is 0 Å². The number of aliphatic hydroxyl groups excluding tert-OH is 2. The molecule has 90 valence electrons. The van der Waals surface area contributed by atoms with E-state index >= 15 is 0 Å². The minimum atomic E-state index is -0.652. The Morgan fingerprint density at radius 3 is 2.69 bits per heavy atom. The van der Waals surface area contributed by atoms with Gasteiger partial charge in [-0.1, -0.05) is 29.3 Å². The minimum absolute atomic E-state index is 0.196. The lowest BCUT2D eigenvalue weighted by Crippen LogP contribution is -2.87. The molecule has 4 N–H and O–H groups in total. The van der Waals surface area contributed by atoms with E-state index in [0.717, 1.165) is 18.5 Å². The third-order valence-electron chi connectivity index (χ3n) is 2.28. The van der Waals surface area contributed by atoms with E-state index in [9.17, 15) is 0 Å². The average Bonchev–Trinajstić information content (AvgIpc) is 2.26. The van der Waals surface area contributed by atoms with Crippen LogP contribution in [0.3, 0.4) is 0 Å². The first kappa shape index (κ1) is 13.7. The van der Waals surface area contributed by atoms with E-state index in [1.807, 2.05) is 17.4 Å². The average molecular weight is 265 g/mol. The van der Waals surface area contributed by atoms with Crippen molar-refractivity contribution in [1.82, 2.24) is 0 Å². The molecular formula is C11H16Cl2NO2+. The van der Waals surface area contributed by atoms with Gasteiger partial charge in [0.25, 0.3) is 0 Å². The van der Waals surface area contributed by atoms with Crippen molar-refractivity contribution in [2.24, 2.45) is 0 Å². The standard InChI is InChI=1S/C11H15Cl2NO2/c12-9-2-1-8(11(13)5-9)3-4-14-6-10(16)7-15/h1-2,5,10,14-16H,3-4,6-7H2/p+1/t10-/m0/s1. The Labute approximate surface area is 105 Å². The lowest BCUT2D eigenvalue weighted by molar-refractivity contribution is -0.660. The molecule has 5 heteroatoms. The first-order chi connectivity index (χ1) is 7.63. The molecule has 0 aromatic heterocycles. The quantitative estimate of drug-likeness (QED) is 0.654. The zero-order chi connectivity index (χ0) is 12.0. The third kappa shape index (κ3) is 4.68. The zero-order valence-corrected chi connectivity index (χ0v) is 10.4. The number of aliphatic hydroxyl groups is 2. The second-order valence-electron chi connectivity index (χ2n) is 3.64. The van der Waals surface area contributed by atoms with Gasteiger partial charge < -0.3 is 15.5 Å². The molecule has 0 saturated heterocycles. The van der Waals surface area contributed by atoms with E-state index in [2.05, 4.69) is 0 Å². The lowest BCUT2D eigenvalue weighted by atomic mass is 10.1. The maximum atomic E-state index is 9.12. The van der Waals surface area contributed by atoms with Crippen molar-refractivity contribution in [3.63, 3.8) is 0 Å². The zero-order valence-electron chi connectivity index (χ0n) is 8.87. The highest BCUT2D eigenvalue weighted by molar-refractivity contribution is 6.35. The van der Waals surface area contributed by atoms with Crippen LogP contribution in [0.1, 0.15) is 5.56 Å². The number of hydrogen-bond donors (Lipinski definition) is 3. The Hall–Kier alpha value is -0.320. The van der Waals surface area contributed by atoms with E-state index in [1.165, 1.54) is 0 Å². The van der Waals surface area contributed by atoms with E-state index in [1.54, 1.807) is 6.07 Å². The second kappa shape index (κ2) is 7.09. The molecule has 0 unspecified atom stereocenters. The number of rotatable bonds is 6.